The van der Waals surface area contributed by atoms with Gasteiger partial charge in [-0.25, -0.2) is 0 Å². The Morgan fingerprint density at radius 1 is 1.41 bits per heavy atom. The fourth-order valence-corrected chi connectivity index (χ4v) is 1.84. The van der Waals surface area contributed by atoms with Gasteiger partial charge in [-0.3, -0.25) is 0 Å². The summed E-state index contributed by atoms with van der Waals surface area (Å²) in [7, 11) is 0. The molecule has 0 amide bonds. The highest BCUT2D eigenvalue weighted by molar-refractivity contribution is 5.92. The molecule has 90 valence electrons. The van der Waals surface area contributed by atoms with Gasteiger partial charge < -0.3 is 14.7 Å². The average Bonchev–Trinajstić information content (AvgIpc) is 2.34. The Balaban J connectivity index is 0.000000188. The molecule has 1 N–H and O–H groups in total. The first-order chi connectivity index (χ1) is 8.22. The van der Waals surface area contributed by atoms with E-state index in [1.54, 1.807) is 6.92 Å². The third-order valence-corrected chi connectivity index (χ3v) is 2.90. The zero-order valence-corrected chi connectivity index (χ0v) is 10.0. The van der Waals surface area contributed by atoms with Crippen LogP contribution in [0, 0.1) is 12.3 Å². The molecule has 1 heterocycles. The highest BCUT2D eigenvalue weighted by Crippen LogP contribution is 2.43. The minimum absolute atomic E-state index is 0.588. The van der Waals surface area contributed by atoms with Gasteiger partial charge in [-0.05, 0) is 18.6 Å². The summed E-state index contributed by atoms with van der Waals surface area (Å²) in [5.41, 5.74) is 4.31. The van der Waals surface area contributed by atoms with E-state index in [0.29, 0.717) is 0 Å². The van der Waals surface area contributed by atoms with Crippen LogP contribution in [0.2, 0.25) is 0 Å². The SMILES string of the molecule is C#CC(C)O.c1cc2c(N3CCOCC3)cc1-2. The predicted octanol–water partition coefficient (Wildman–Crippen LogP) is 1.50. The van der Waals surface area contributed by atoms with Gasteiger partial charge in [0.05, 0.1) is 13.2 Å². The van der Waals surface area contributed by atoms with E-state index >= 15 is 0 Å². The Kier molecular flexibility index (Phi) is 3.68. The second-order valence-corrected chi connectivity index (χ2v) is 4.17. The maximum Gasteiger partial charge on any atom is 0.111 e. The second-order valence-electron chi connectivity index (χ2n) is 4.17. The average molecular weight is 231 g/mol. The molecule has 3 nitrogen and oxygen atoms in total. The van der Waals surface area contributed by atoms with Crippen LogP contribution >= 0.6 is 0 Å². The number of morpholine rings is 1. The number of nitrogens with zero attached hydrogens (tertiary/aromatic N) is 1. The number of rotatable bonds is 1. The molecule has 0 spiro atoms. The zero-order chi connectivity index (χ0) is 12.3. The number of ether oxygens (including phenoxy) is 1. The first-order valence-electron chi connectivity index (χ1n) is 5.83. The molecule has 3 rings (SSSR count). The molecule has 1 aliphatic heterocycles. The van der Waals surface area contributed by atoms with Crippen LogP contribution < -0.4 is 4.90 Å². The lowest BCUT2D eigenvalue weighted by Crippen LogP contribution is -2.37. The van der Waals surface area contributed by atoms with E-state index in [1.165, 1.54) is 16.8 Å². The zero-order valence-electron chi connectivity index (χ0n) is 10.0. The number of hydrogen-bond donors (Lipinski definition) is 1. The molecule has 0 aromatic carbocycles. The van der Waals surface area contributed by atoms with Crippen molar-refractivity contribution in [3.8, 4) is 23.5 Å². The second kappa shape index (κ2) is 5.22. The quantitative estimate of drug-likeness (QED) is 0.755. The van der Waals surface area contributed by atoms with Gasteiger partial charge in [0.15, 0.2) is 0 Å². The minimum Gasteiger partial charge on any atom is -0.381 e. The van der Waals surface area contributed by atoms with Crippen molar-refractivity contribution in [3.63, 3.8) is 0 Å². The van der Waals surface area contributed by atoms with Gasteiger partial charge in [0.2, 0.25) is 0 Å². The molecule has 3 heteroatoms. The predicted molar refractivity (Wildman–Crippen MR) is 69.0 cm³/mol. The molecule has 17 heavy (non-hydrogen) atoms. The molecule has 1 fully saturated rings. The number of fused-ring (bicyclic) bond motifs is 1. The Bertz CT molecular complexity index is 428. The van der Waals surface area contributed by atoms with Crippen molar-refractivity contribution < 1.29 is 9.84 Å². The highest BCUT2D eigenvalue weighted by Gasteiger charge is 2.22. The molecule has 3 aliphatic rings. The molecule has 1 atom stereocenters. The number of terminal acetylenes is 1. The number of aliphatic hydroxyl groups is 1. The van der Waals surface area contributed by atoms with E-state index in [1.807, 2.05) is 0 Å². The highest BCUT2D eigenvalue weighted by atomic mass is 16.5. The lowest BCUT2D eigenvalue weighted by Gasteiger charge is -2.35. The number of benzene rings is 1. The van der Waals surface area contributed by atoms with Crippen LogP contribution in [0.3, 0.4) is 0 Å². The van der Waals surface area contributed by atoms with Crippen LogP contribution in [-0.2, 0) is 4.74 Å². The molecule has 2 aliphatic carbocycles. The van der Waals surface area contributed by atoms with E-state index in [0.717, 1.165) is 26.3 Å². The molecule has 0 bridgehead atoms. The molecule has 0 radical (unpaired) electrons. The van der Waals surface area contributed by atoms with Crippen LogP contribution in [0.25, 0.3) is 11.1 Å². The summed E-state index contributed by atoms with van der Waals surface area (Å²) < 4.78 is 5.30. The number of hydrogen-bond acceptors (Lipinski definition) is 3. The maximum absolute atomic E-state index is 8.12. The van der Waals surface area contributed by atoms with Crippen molar-refractivity contribution in [2.24, 2.45) is 0 Å². The fraction of sp³-hybridized carbons (Fsp3) is 0.429. The maximum atomic E-state index is 8.12. The Morgan fingerprint density at radius 2 is 2.06 bits per heavy atom. The normalized spacial score (nSPS) is 17.6. The van der Waals surface area contributed by atoms with Gasteiger partial charge in [-0.1, -0.05) is 18.1 Å². The van der Waals surface area contributed by atoms with E-state index in [9.17, 15) is 0 Å². The van der Waals surface area contributed by atoms with Crippen molar-refractivity contribution in [1.82, 2.24) is 0 Å². The molecular formula is C14H17NO2. The molecule has 0 aromatic rings. The van der Waals surface area contributed by atoms with E-state index < -0.39 is 6.10 Å². The van der Waals surface area contributed by atoms with Gasteiger partial charge in [0.25, 0.3) is 0 Å². The lowest BCUT2D eigenvalue weighted by atomic mass is 9.90. The van der Waals surface area contributed by atoms with Gasteiger partial charge >= 0.3 is 0 Å². The summed E-state index contributed by atoms with van der Waals surface area (Å²) >= 11 is 0. The van der Waals surface area contributed by atoms with Crippen molar-refractivity contribution in [2.45, 2.75) is 13.0 Å². The largest absolute Gasteiger partial charge is 0.381 e. The topological polar surface area (TPSA) is 32.7 Å². The summed E-state index contributed by atoms with van der Waals surface area (Å²) in [6.45, 7) is 5.40. The number of anilines is 1. The van der Waals surface area contributed by atoms with Crippen molar-refractivity contribution in [2.75, 3.05) is 31.2 Å². The van der Waals surface area contributed by atoms with Crippen molar-refractivity contribution in [3.05, 3.63) is 18.2 Å². The van der Waals surface area contributed by atoms with Crippen LogP contribution in [0.5, 0.6) is 0 Å². The molecular weight excluding hydrogens is 214 g/mol. The van der Waals surface area contributed by atoms with Crippen molar-refractivity contribution in [1.29, 1.82) is 0 Å². The van der Waals surface area contributed by atoms with E-state index in [4.69, 9.17) is 9.84 Å². The third-order valence-electron chi connectivity index (χ3n) is 2.90. The number of aliphatic hydroxyl groups excluding tert-OH is 1. The summed E-state index contributed by atoms with van der Waals surface area (Å²) in [5, 5.41) is 8.12. The summed E-state index contributed by atoms with van der Waals surface area (Å²) in [6, 6.07) is 6.63. The van der Waals surface area contributed by atoms with Gasteiger partial charge in [0, 0.05) is 24.3 Å². The van der Waals surface area contributed by atoms with Crippen LogP contribution in [0.1, 0.15) is 6.92 Å². The van der Waals surface area contributed by atoms with E-state index in [-0.39, 0.29) is 0 Å². The van der Waals surface area contributed by atoms with Gasteiger partial charge in [-0.2, -0.15) is 0 Å². The first kappa shape index (κ1) is 12.0. The third kappa shape index (κ3) is 2.60. The van der Waals surface area contributed by atoms with Crippen LogP contribution in [0.15, 0.2) is 18.2 Å². The fourth-order valence-electron chi connectivity index (χ4n) is 1.84. The molecule has 0 aromatic heterocycles. The smallest absolute Gasteiger partial charge is 0.111 e. The molecule has 1 saturated heterocycles. The Hall–Kier alpha value is -1.50. The van der Waals surface area contributed by atoms with E-state index in [2.05, 4.69) is 35.4 Å². The minimum atomic E-state index is -0.588. The van der Waals surface area contributed by atoms with Gasteiger partial charge in [0.1, 0.15) is 6.10 Å². The van der Waals surface area contributed by atoms with Crippen LogP contribution in [-0.4, -0.2) is 37.5 Å². The first-order valence-corrected chi connectivity index (χ1v) is 5.83. The lowest BCUT2D eigenvalue weighted by molar-refractivity contribution is 0.122. The Morgan fingerprint density at radius 3 is 2.41 bits per heavy atom. The Labute approximate surface area is 102 Å². The summed E-state index contributed by atoms with van der Waals surface area (Å²) in [5.74, 6) is 2.08. The standard InChI is InChI=1S/C10H11NO.C4H6O/c1-2-9-8(1)7-10(9)11-3-5-12-6-4-11;1-3-4(2)5/h1-2,7H,3-6H2;1,4-5H,2H3. The van der Waals surface area contributed by atoms with Crippen LogP contribution in [0.4, 0.5) is 5.69 Å². The summed E-state index contributed by atoms with van der Waals surface area (Å²) in [4.78, 5) is 2.41. The monoisotopic (exact) mass is 231 g/mol. The molecule has 1 unspecified atom stereocenters. The molecule has 0 saturated carbocycles. The summed E-state index contributed by atoms with van der Waals surface area (Å²) in [6.07, 6.45) is 4.08. The van der Waals surface area contributed by atoms with Gasteiger partial charge in [-0.15, -0.1) is 6.42 Å². The van der Waals surface area contributed by atoms with Crippen molar-refractivity contribution >= 4 is 5.69 Å².